The SMILES string of the molecule is Cc1ccc(-c2c(C)noc2C)cc1N(C)c1ccc(-n2ccnc2)c(F)c1.Cc1ccc(-c2c(C)noc2C)cc1N(C)c1ccc(-n2ccnc2)cc1.Cc1ccc(-c2c(C)noc2C)cc1N(C)c1ccc(-n2ccnc2C)cc1.Cc1ccc(-c2c(C)noc2C)cc1N(C)c1ccc(-n2cnc(Cl)c2)cc1.Cc1cn(-c2ccc(N(C)c3cc(-c4c(C)noc4C)ccc3C)cc2)cn1. The predicted octanol–water partition coefficient (Wildman–Crippen LogP) is 27.5. The number of imidazole rings is 5. The lowest BCUT2D eigenvalue weighted by Gasteiger charge is -2.23. The van der Waals surface area contributed by atoms with Crippen LogP contribution in [0.15, 0.2) is 304 Å². The molecule has 20 aromatic rings. The zero-order valence-electron chi connectivity index (χ0n) is 82.3. The van der Waals surface area contributed by atoms with Crippen LogP contribution in [0.1, 0.15) is 96.6 Å². The highest BCUT2D eigenvalue weighted by atomic mass is 35.5. The van der Waals surface area contributed by atoms with Crippen molar-refractivity contribution in [1.82, 2.24) is 73.5 Å². The predicted molar refractivity (Wildman–Crippen MR) is 553 cm³/mol. The minimum Gasteiger partial charge on any atom is -0.361 e. The molecule has 0 atom stereocenters. The Kier molecular flexibility index (Phi) is 28.5. The average Bonchev–Trinajstić information content (AvgIpc) is 1.77. The van der Waals surface area contributed by atoms with Gasteiger partial charge in [0.15, 0.2) is 0 Å². The summed E-state index contributed by atoms with van der Waals surface area (Å²) in [5.41, 5.74) is 37.8. The molecular formula is C112H112ClFN20O5. The van der Waals surface area contributed by atoms with E-state index in [0.29, 0.717) is 10.8 Å². The van der Waals surface area contributed by atoms with E-state index in [0.717, 1.165) is 210 Å². The second-order valence-electron chi connectivity index (χ2n) is 34.8. The highest BCUT2D eigenvalue weighted by Gasteiger charge is 2.24. The van der Waals surface area contributed by atoms with Gasteiger partial charge in [-0.3, -0.25) is 0 Å². The molecule has 0 bridgehead atoms. The molecule has 0 aliphatic carbocycles. The third kappa shape index (κ3) is 20.9. The summed E-state index contributed by atoms with van der Waals surface area (Å²) < 4.78 is 51.1. The molecule has 704 valence electrons. The van der Waals surface area contributed by atoms with Crippen LogP contribution in [0.2, 0.25) is 5.15 Å². The van der Waals surface area contributed by atoms with Gasteiger partial charge in [-0.05, 0) is 319 Å². The van der Waals surface area contributed by atoms with Crippen molar-refractivity contribution in [1.29, 1.82) is 0 Å². The third-order valence-corrected chi connectivity index (χ3v) is 25.5. The van der Waals surface area contributed by atoms with Crippen molar-refractivity contribution in [2.24, 2.45) is 0 Å². The second kappa shape index (κ2) is 41.4. The summed E-state index contributed by atoms with van der Waals surface area (Å²) in [6, 6.07) is 71.0. The maximum Gasteiger partial charge on any atom is 0.149 e. The first-order valence-corrected chi connectivity index (χ1v) is 46.0. The van der Waals surface area contributed by atoms with Crippen molar-refractivity contribution in [3.05, 3.63) is 389 Å². The molecule has 0 amide bonds. The van der Waals surface area contributed by atoms with Crippen LogP contribution < -0.4 is 24.5 Å². The Hall–Kier alpha value is -16.5. The van der Waals surface area contributed by atoms with Crippen LogP contribution in [-0.2, 0) is 0 Å². The molecule has 0 aliphatic rings. The van der Waals surface area contributed by atoms with Crippen molar-refractivity contribution in [3.63, 3.8) is 0 Å². The molecule has 0 saturated heterocycles. The Bertz CT molecular complexity index is 7380. The minimum atomic E-state index is -0.304. The highest BCUT2D eigenvalue weighted by molar-refractivity contribution is 6.29. The van der Waals surface area contributed by atoms with Gasteiger partial charge in [-0.15, -0.1) is 0 Å². The van der Waals surface area contributed by atoms with Crippen molar-refractivity contribution in [3.8, 4) is 84.1 Å². The molecule has 0 saturated carbocycles. The summed E-state index contributed by atoms with van der Waals surface area (Å²) in [6.45, 7) is 34.1. The van der Waals surface area contributed by atoms with Crippen molar-refractivity contribution in [2.75, 3.05) is 59.7 Å². The molecule has 0 unspecified atom stereocenters. The van der Waals surface area contributed by atoms with Crippen LogP contribution in [0.5, 0.6) is 0 Å². The Labute approximate surface area is 814 Å². The minimum absolute atomic E-state index is 0.304. The quantitative estimate of drug-likeness (QED) is 0.0689. The van der Waals surface area contributed by atoms with Crippen LogP contribution in [-0.4, -0.2) is 109 Å². The first-order chi connectivity index (χ1) is 66.8. The fraction of sp³-hybridized carbons (Fsp3) is 0.196. The van der Waals surface area contributed by atoms with E-state index in [2.05, 4.69) is 319 Å². The van der Waals surface area contributed by atoms with Crippen LogP contribution in [0.4, 0.5) is 61.3 Å². The first-order valence-electron chi connectivity index (χ1n) is 45.6. The molecule has 25 nitrogen and oxygen atoms in total. The number of nitrogens with zero attached hydrogens (tertiary/aromatic N) is 20. The lowest BCUT2D eigenvalue weighted by molar-refractivity contribution is 0.393. The van der Waals surface area contributed by atoms with Gasteiger partial charge in [0.1, 0.15) is 51.9 Å². The number of aryl methyl sites for hydroxylation is 17. The topological polar surface area (TPSA) is 235 Å². The molecule has 10 aromatic heterocycles. The van der Waals surface area contributed by atoms with E-state index >= 15 is 0 Å². The molecule has 27 heteroatoms. The maximum atomic E-state index is 14.7. The van der Waals surface area contributed by atoms with Gasteiger partial charge in [0, 0.05) is 192 Å². The van der Waals surface area contributed by atoms with Crippen LogP contribution >= 0.6 is 11.6 Å². The van der Waals surface area contributed by atoms with E-state index in [1.807, 2.05) is 153 Å². The van der Waals surface area contributed by atoms with Crippen molar-refractivity contribution >= 4 is 68.5 Å². The van der Waals surface area contributed by atoms with Gasteiger partial charge in [-0.25, -0.2) is 29.3 Å². The second-order valence-corrected chi connectivity index (χ2v) is 35.2. The Morgan fingerprint density at radius 3 is 0.842 bits per heavy atom. The van der Waals surface area contributed by atoms with Crippen LogP contribution in [0.3, 0.4) is 0 Å². The number of hydrogen-bond acceptors (Lipinski definition) is 20. The molecular weight excluding hydrogens is 1760 g/mol. The Morgan fingerprint density at radius 1 is 0.281 bits per heavy atom. The maximum absolute atomic E-state index is 14.7. The molecule has 0 fully saturated rings. The van der Waals surface area contributed by atoms with Crippen LogP contribution in [0, 0.1) is 124 Å². The molecule has 0 N–H and O–H groups in total. The monoisotopic (exact) mass is 1870 g/mol. The summed E-state index contributed by atoms with van der Waals surface area (Å²) in [6.07, 6.45) is 21.6. The Morgan fingerprint density at radius 2 is 0.576 bits per heavy atom. The zero-order valence-corrected chi connectivity index (χ0v) is 83.1. The molecule has 10 aromatic carbocycles. The van der Waals surface area contributed by atoms with Gasteiger partial charge in [0.25, 0.3) is 0 Å². The lowest BCUT2D eigenvalue weighted by atomic mass is 10.0. The number of anilines is 10. The number of aromatic nitrogens is 15. The average molecular weight is 1870 g/mol. The molecule has 0 aliphatic heterocycles. The highest BCUT2D eigenvalue weighted by Crippen LogP contribution is 2.42. The summed E-state index contributed by atoms with van der Waals surface area (Å²) in [5, 5.41) is 20.9. The van der Waals surface area contributed by atoms with Gasteiger partial charge in [-0.1, -0.05) is 98.0 Å². The largest absolute Gasteiger partial charge is 0.361 e. The van der Waals surface area contributed by atoms with Crippen LogP contribution in [0.25, 0.3) is 84.1 Å². The number of hydrogen-bond donors (Lipinski definition) is 0. The molecule has 0 spiro atoms. The van der Waals surface area contributed by atoms with E-state index in [-0.39, 0.29) is 5.82 Å². The van der Waals surface area contributed by atoms with Crippen molar-refractivity contribution in [2.45, 2.75) is 118 Å². The fourth-order valence-electron chi connectivity index (χ4n) is 17.6. The molecule has 10 heterocycles. The molecule has 0 radical (unpaired) electrons. The van der Waals surface area contributed by atoms with E-state index in [9.17, 15) is 4.39 Å². The number of benzene rings is 10. The van der Waals surface area contributed by atoms with E-state index in [1.54, 1.807) is 54.4 Å². The molecule has 20 rings (SSSR count). The van der Waals surface area contributed by atoms with Gasteiger partial charge < -0.3 is 70.0 Å². The third-order valence-electron chi connectivity index (χ3n) is 25.3. The molecule has 139 heavy (non-hydrogen) atoms. The standard InChI is InChI=1S/2C23H24N4O.C22H21ClN4O.C22H21FN4O.C22H22N4O/c1-15-6-7-19(23-17(3)25-28-18(23)4)12-22(15)26(5)20-8-10-21(11-9-20)27-13-16(2)24-14-27;1-15-6-7-19(23-16(2)25-28-17(23)3)14-22(15)26(5)20-8-10-21(11-9-20)27-13-12-24-18(27)4;1-14-5-6-17(22-15(2)25-28-16(22)3)11-20(14)26(4)18-7-9-19(10-8-18)27-12-21(23)24-13-27;1-14-5-6-17(22-15(2)25-28-16(22)3)11-21(14)26(4)18-7-8-20(19(23)12-18)27-10-9-24-13-27;1-15-5-6-18(22-16(2)24-27-17(22)3)13-21(15)25(4)19-7-9-20(10-8-19)26-12-11-23-14-26/h2*6-14H,1-5H3;2*5-13H,1-4H3;5-14H,1-4H3. The van der Waals surface area contributed by atoms with E-state index in [1.165, 1.54) is 28.3 Å². The lowest BCUT2D eigenvalue weighted by Crippen LogP contribution is -2.12. The van der Waals surface area contributed by atoms with Gasteiger partial charge in [0.2, 0.25) is 0 Å². The number of rotatable bonds is 20. The van der Waals surface area contributed by atoms with Crippen molar-refractivity contribution < 1.29 is 27.0 Å². The summed E-state index contributed by atoms with van der Waals surface area (Å²) >= 11 is 5.92. The van der Waals surface area contributed by atoms with E-state index < -0.39 is 0 Å². The number of halogens is 2. The zero-order chi connectivity index (χ0) is 98.3. The summed E-state index contributed by atoms with van der Waals surface area (Å²) in [5.74, 6) is 4.81. The van der Waals surface area contributed by atoms with E-state index in [4.69, 9.17) is 34.2 Å². The summed E-state index contributed by atoms with van der Waals surface area (Å²) in [7, 11) is 10.3. The van der Waals surface area contributed by atoms with Gasteiger partial charge in [0.05, 0.1) is 58.8 Å². The smallest absolute Gasteiger partial charge is 0.149 e. The summed E-state index contributed by atoms with van der Waals surface area (Å²) in [4.78, 5) is 31.5. The normalized spacial score (nSPS) is 11.0. The fourth-order valence-corrected chi connectivity index (χ4v) is 17.7. The first kappa shape index (κ1) is 95.7. The van der Waals surface area contributed by atoms with Gasteiger partial charge >= 0.3 is 0 Å². The van der Waals surface area contributed by atoms with Gasteiger partial charge in [-0.2, -0.15) is 0 Å². The Balaban J connectivity index is 0.000000125.